The molecule has 0 spiro atoms. The fraction of sp³-hybridized carbons (Fsp3) is 0.107. The highest BCUT2D eigenvalue weighted by molar-refractivity contribution is 5.96. The SMILES string of the molecule is Cc1ccc(CC(C(=O)Nc2c(F)c(F)c(F)c(F)c2F)c2ccc(-c3ccccc3)c(F)c2)cc1. The molecule has 2 nitrogen and oxygen atoms in total. The van der Waals surface area contributed by atoms with Gasteiger partial charge >= 0.3 is 0 Å². The van der Waals surface area contributed by atoms with Crippen molar-refractivity contribution < 1.29 is 31.1 Å². The lowest BCUT2D eigenvalue weighted by atomic mass is 9.89. The van der Waals surface area contributed by atoms with Crippen molar-refractivity contribution in [2.45, 2.75) is 19.3 Å². The van der Waals surface area contributed by atoms with Gasteiger partial charge < -0.3 is 5.32 Å². The maximum absolute atomic E-state index is 15.1. The molecule has 0 aromatic heterocycles. The molecule has 0 aliphatic carbocycles. The second kappa shape index (κ2) is 10.3. The van der Waals surface area contributed by atoms with Gasteiger partial charge in [0.15, 0.2) is 23.3 Å². The predicted molar refractivity (Wildman–Crippen MR) is 124 cm³/mol. The standard InChI is InChI=1S/C28H19F6NO/c1-15-7-9-16(10-8-15)13-20(18-11-12-19(21(29)14-18)17-5-3-2-4-6-17)28(36)35-27-25(33)23(31)22(30)24(32)26(27)34/h2-12,14,20H,13H2,1H3,(H,35,36). The van der Waals surface area contributed by atoms with Gasteiger partial charge in [-0.3, -0.25) is 4.79 Å². The Morgan fingerprint density at radius 1 is 0.750 bits per heavy atom. The Balaban J connectivity index is 1.74. The van der Waals surface area contributed by atoms with Crippen molar-refractivity contribution in [3.63, 3.8) is 0 Å². The molecule has 4 aromatic carbocycles. The first kappa shape index (κ1) is 25.0. The monoisotopic (exact) mass is 499 g/mol. The first-order valence-corrected chi connectivity index (χ1v) is 10.9. The van der Waals surface area contributed by atoms with E-state index in [2.05, 4.69) is 0 Å². The third kappa shape index (κ3) is 4.98. The Labute approximate surface area is 203 Å². The van der Waals surface area contributed by atoms with Crippen LogP contribution < -0.4 is 5.32 Å². The Bertz CT molecular complexity index is 1390. The zero-order valence-electron chi connectivity index (χ0n) is 18.9. The summed E-state index contributed by atoms with van der Waals surface area (Å²) in [5.74, 6) is -13.9. The first-order valence-electron chi connectivity index (χ1n) is 10.9. The number of anilines is 1. The second-order valence-electron chi connectivity index (χ2n) is 8.28. The van der Waals surface area contributed by atoms with Crippen LogP contribution in [0.3, 0.4) is 0 Å². The maximum Gasteiger partial charge on any atom is 0.232 e. The fourth-order valence-corrected chi connectivity index (χ4v) is 3.85. The van der Waals surface area contributed by atoms with Crippen molar-refractivity contribution in [1.29, 1.82) is 0 Å². The minimum absolute atomic E-state index is 0.0222. The summed E-state index contributed by atoms with van der Waals surface area (Å²) in [4.78, 5) is 13.2. The summed E-state index contributed by atoms with van der Waals surface area (Å²) in [7, 11) is 0. The van der Waals surface area contributed by atoms with Crippen LogP contribution >= 0.6 is 0 Å². The van der Waals surface area contributed by atoms with Gasteiger partial charge in [-0.05, 0) is 36.1 Å². The van der Waals surface area contributed by atoms with Crippen LogP contribution in [0.2, 0.25) is 0 Å². The van der Waals surface area contributed by atoms with E-state index in [-0.39, 0.29) is 17.5 Å². The number of carbonyl (C=O) groups is 1. The molecule has 1 unspecified atom stereocenters. The van der Waals surface area contributed by atoms with Gasteiger partial charge in [0.2, 0.25) is 11.7 Å². The van der Waals surface area contributed by atoms with Gasteiger partial charge in [-0.1, -0.05) is 72.3 Å². The fourth-order valence-electron chi connectivity index (χ4n) is 3.85. The van der Waals surface area contributed by atoms with Gasteiger partial charge in [-0.25, -0.2) is 26.3 Å². The average molecular weight is 499 g/mol. The normalized spacial score (nSPS) is 11.9. The lowest BCUT2D eigenvalue weighted by Gasteiger charge is -2.19. The molecule has 1 amide bonds. The summed E-state index contributed by atoms with van der Waals surface area (Å²) in [6, 6.07) is 19.8. The van der Waals surface area contributed by atoms with E-state index in [0.717, 1.165) is 11.6 Å². The van der Waals surface area contributed by atoms with Crippen LogP contribution in [0.1, 0.15) is 22.6 Å². The number of amides is 1. The molecule has 0 aliphatic heterocycles. The summed E-state index contributed by atoms with van der Waals surface area (Å²) in [6.07, 6.45) is -0.0222. The summed E-state index contributed by atoms with van der Waals surface area (Å²) >= 11 is 0. The molecule has 0 bridgehead atoms. The van der Waals surface area contributed by atoms with Gasteiger partial charge in [0.1, 0.15) is 11.5 Å². The molecular formula is C28H19F6NO. The molecule has 0 saturated carbocycles. The molecule has 0 saturated heterocycles. The van der Waals surface area contributed by atoms with E-state index in [1.165, 1.54) is 12.1 Å². The van der Waals surface area contributed by atoms with Crippen molar-refractivity contribution in [3.8, 4) is 11.1 Å². The minimum Gasteiger partial charge on any atom is -0.320 e. The number of hydrogen-bond acceptors (Lipinski definition) is 1. The number of carbonyl (C=O) groups excluding carboxylic acids is 1. The number of hydrogen-bond donors (Lipinski definition) is 1. The predicted octanol–water partition coefficient (Wildman–Crippen LogP) is 7.46. The number of rotatable bonds is 6. The van der Waals surface area contributed by atoms with E-state index in [9.17, 15) is 26.7 Å². The molecule has 8 heteroatoms. The van der Waals surface area contributed by atoms with Crippen LogP contribution in [-0.4, -0.2) is 5.91 Å². The average Bonchev–Trinajstić information content (AvgIpc) is 2.88. The Kier molecular flexibility index (Phi) is 7.15. The third-order valence-electron chi connectivity index (χ3n) is 5.82. The molecule has 184 valence electrons. The van der Waals surface area contributed by atoms with Crippen LogP contribution in [0.25, 0.3) is 11.1 Å². The summed E-state index contributed by atoms with van der Waals surface area (Å²) in [5, 5.41) is 1.83. The zero-order valence-corrected chi connectivity index (χ0v) is 18.9. The highest BCUT2D eigenvalue weighted by Crippen LogP contribution is 2.32. The van der Waals surface area contributed by atoms with Gasteiger partial charge in [-0.15, -0.1) is 0 Å². The summed E-state index contributed by atoms with van der Waals surface area (Å²) in [6.45, 7) is 1.86. The van der Waals surface area contributed by atoms with E-state index >= 15 is 4.39 Å². The Morgan fingerprint density at radius 2 is 1.33 bits per heavy atom. The van der Waals surface area contributed by atoms with Crippen LogP contribution in [0.4, 0.5) is 32.0 Å². The molecule has 1 atom stereocenters. The van der Waals surface area contributed by atoms with E-state index in [4.69, 9.17) is 0 Å². The van der Waals surface area contributed by atoms with Crippen molar-refractivity contribution in [3.05, 3.63) is 124 Å². The minimum atomic E-state index is -2.34. The van der Waals surface area contributed by atoms with Crippen molar-refractivity contribution in [2.24, 2.45) is 0 Å². The van der Waals surface area contributed by atoms with Crippen LogP contribution in [0.15, 0.2) is 72.8 Å². The molecule has 1 N–H and O–H groups in total. The topological polar surface area (TPSA) is 29.1 Å². The van der Waals surface area contributed by atoms with Crippen molar-refractivity contribution >= 4 is 11.6 Å². The number of aryl methyl sites for hydroxylation is 1. The zero-order chi connectivity index (χ0) is 26.0. The van der Waals surface area contributed by atoms with Gasteiger partial charge in [0.25, 0.3) is 0 Å². The highest BCUT2D eigenvalue weighted by Gasteiger charge is 2.30. The van der Waals surface area contributed by atoms with Gasteiger partial charge in [0.05, 0.1) is 5.92 Å². The highest BCUT2D eigenvalue weighted by atomic mass is 19.2. The maximum atomic E-state index is 15.1. The number of halogens is 6. The molecule has 0 heterocycles. The van der Waals surface area contributed by atoms with Crippen molar-refractivity contribution in [2.75, 3.05) is 5.32 Å². The van der Waals surface area contributed by atoms with Crippen LogP contribution in [-0.2, 0) is 11.2 Å². The third-order valence-corrected chi connectivity index (χ3v) is 5.82. The molecular weight excluding hydrogens is 480 g/mol. The smallest absolute Gasteiger partial charge is 0.232 e. The van der Waals surface area contributed by atoms with E-state index in [1.807, 2.05) is 12.2 Å². The molecule has 0 fully saturated rings. The van der Waals surface area contributed by atoms with E-state index < -0.39 is 52.4 Å². The van der Waals surface area contributed by atoms with E-state index in [0.29, 0.717) is 11.1 Å². The quantitative estimate of drug-likeness (QED) is 0.167. The largest absolute Gasteiger partial charge is 0.320 e. The first-order chi connectivity index (χ1) is 17.2. The molecule has 0 aliphatic rings. The van der Waals surface area contributed by atoms with Gasteiger partial charge in [-0.2, -0.15) is 0 Å². The number of nitrogens with one attached hydrogen (secondary N) is 1. The lowest BCUT2D eigenvalue weighted by Crippen LogP contribution is -2.25. The molecule has 36 heavy (non-hydrogen) atoms. The lowest BCUT2D eigenvalue weighted by molar-refractivity contribution is -0.117. The van der Waals surface area contributed by atoms with Crippen molar-refractivity contribution in [1.82, 2.24) is 0 Å². The van der Waals surface area contributed by atoms with Crippen LogP contribution in [0, 0.1) is 41.8 Å². The second-order valence-corrected chi connectivity index (χ2v) is 8.28. The Morgan fingerprint density at radius 3 is 1.92 bits per heavy atom. The summed E-state index contributed by atoms with van der Waals surface area (Å²) < 4.78 is 84.2. The van der Waals surface area contributed by atoms with E-state index in [1.54, 1.807) is 54.6 Å². The van der Waals surface area contributed by atoms with Gasteiger partial charge in [0, 0.05) is 5.56 Å². The Hall–Kier alpha value is -4.07. The number of benzene rings is 4. The molecule has 4 aromatic rings. The molecule has 4 rings (SSSR count). The molecule has 0 radical (unpaired) electrons. The van der Waals surface area contributed by atoms with Crippen LogP contribution in [0.5, 0.6) is 0 Å². The summed E-state index contributed by atoms with van der Waals surface area (Å²) in [5.41, 5.74) is 1.15.